The lowest BCUT2D eigenvalue weighted by molar-refractivity contribution is -0.0500. The molecule has 1 aliphatic rings. The van der Waals surface area contributed by atoms with Crippen LogP contribution in [0.3, 0.4) is 0 Å². The molecule has 2 rings (SSSR count). The van der Waals surface area contributed by atoms with Crippen molar-refractivity contribution in [2.24, 2.45) is 0 Å². The van der Waals surface area contributed by atoms with Gasteiger partial charge in [-0.25, -0.2) is 4.39 Å². The molecule has 1 aromatic carbocycles. The van der Waals surface area contributed by atoms with Gasteiger partial charge < -0.3 is 9.50 Å². The fraction of sp³-hybridized carbons (Fsp3) is 0.400. The standard InChI is InChI=1S/C10H9F4NO3S/c11-9-4-7(18-19(16,17)10(12,13)14)3-6-1-2-15-5-8(6)9/h3-4,15H,1-2,5H2. The summed E-state index contributed by atoms with van der Waals surface area (Å²) < 4.78 is 75.6. The predicted molar refractivity (Wildman–Crippen MR) is 57.4 cm³/mol. The molecular formula is C10H9F4NO3S. The average molecular weight is 299 g/mol. The minimum atomic E-state index is -5.78. The third-order valence-electron chi connectivity index (χ3n) is 2.62. The van der Waals surface area contributed by atoms with E-state index < -0.39 is 27.2 Å². The molecule has 4 nitrogen and oxygen atoms in total. The molecule has 1 aromatic rings. The van der Waals surface area contributed by atoms with Gasteiger partial charge in [-0.2, -0.15) is 21.6 Å². The first kappa shape index (κ1) is 14.1. The summed E-state index contributed by atoms with van der Waals surface area (Å²) in [5.41, 5.74) is -4.80. The van der Waals surface area contributed by atoms with Crippen molar-refractivity contribution in [1.82, 2.24) is 5.32 Å². The Morgan fingerprint density at radius 2 is 1.95 bits per heavy atom. The van der Waals surface area contributed by atoms with Gasteiger partial charge >= 0.3 is 15.6 Å². The Balaban J connectivity index is 2.35. The number of rotatable bonds is 2. The Labute approximate surface area is 106 Å². The molecule has 0 amide bonds. The molecule has 106 valence electrons. The number of hydrogen-bond donors (Lipinski definition) is 1. The highest BCUT2D eigenvalue weighted by Crippen LogP contribution is 2.30. The molecule has 0 radical (unpaired) electrons. The summed E-state index contributed by atoms with van der Waals surface area (Å²) in [7, 11) is -5.78. The van der Waals surface area contributed by atoms with Crippen molar-refractivity contribution in [3.63, 3.8) is 0 Å². The Morgan fingerprint density at radius 3 is 2.58 bits per heavy atom. The lowest BCUT2D eigenvalue weighted by Gasteiger charge is -2.19. The van der Waals surface area contributed by atoms with E-state index in [0.717, 1.165) is 6.07 Å². The maximum absolute atomic E-state index is 13.6. The van der Waals surface area contributed by atoms with E-state index in [9.17, 15) is 26.0 Å². The van der Waals surface area contributed by atoms with Crippen LogP contribution in [0.5, 0.6) is 5.75 Å². The van der Waals surface area contributed by atoms with Gasteiger partial charge in [-0.3, -0.25) is 0 Å². The van der Waals surface area contributed by atoms with E-state index in [1.807, 2.05) is 0 Å². The van der Waals surface area contributed by atoms with Gasteiger partial charge in [0.1, 0.15) is 11.6 Å². The zero-order valence-electron chi connectivity index (χ0n) is 9.42. The van der Waals surface area contributed by atoms with Crippen molar-refractivity contribution in [3.8, 4) is 5.75 Å². The first-order chi connectivity index (χ1) is 8.71. The summed E-state index contributed by atoms with van der Waals surface area (Å²) in [5.74, 6) is -1.47. The lowest BCUT2D eigenvalue weighted by atomic mass is 10.0. The predicted octanol–water partition coefficient (Wildman–Crippen LogP) is 1.70. The first-order valence-electron chi connectivity index (χ1n) is 5.23. The SMILES string of the molecule is O=S(=O)(Oc1cc(F)c2c(c1)CCNC2)C(F)(F)F. The lowest BCUT2D eigenvalue weighted by Crippen LogP contribution is -2.29. The van der Waals surface area contributed by atoms with Crippen molar-refractivity contribution < 1.29 is 30.2 Å². The topological polar surface area (TPSA) is 55.4 Å². The number of fused-ring (bicyclic) bond motifs is 1. The fourth-order valence-corrected chi connectivity index (χ4v) is 2.19. The minimum absolute atomic E-state index is 0.244. The second-order valence-electron chi connectivity index (χ2n) is 3.95. The van der Waals surface area contributed by atoms with E-state index in [4.69, 9.17) is 0 Å². The molecule has 1 heterocycles. The quantitative estimate of drug-likeness (QED) is 0.513. The molecule has 0 aliphatic carbocycles. The first-order valence-corrected chi connectivity index (χ1v) is 6.64. The molecule has 1 aliphatic heterocycles. The van der Waals surface area contributed by atoms with Crippen LogP contribution in [0.4, 0.5) is 17.6 Å². The van der Waals surface area contributed by atoms with E-state index in [1.54, 1.807) is 0 Å². The maximum atomic E-state index is 13.6. The molecule has 0 fully saturated rings. The van der Waals surface area contributed by atoms with E-state index in [1.165, 1.54) is 0 Å². The van der Waals surface area contributed by atoms with Gasteiger partial charge in [0.05, 0.1) is 0 Å². The average Bonchev–Trinajstić information content (AvgIpc) is 2.27. The number of hydrogen-bond acceptors (Lipinski definition) is 4. The van der Waals surface area contributed by atoms with Gasteiger partial charge in [0, 0.05) is 18.2 Å². The largest absolute Gasteiger partial charge is 0.534 e. The van der Waals surface area contributed by atoms with Crippen LogP contribution in [0.1, 0.15) is 11.1 Å². The normalized spacial score (nSPS) is 16.0. The van der Waals surface area contributed by atoms with Gasteiger partial charge in [0.25, 0.3) is 0 Å². The summed E-state index contributed by atoms with van der Waals surface area (Å²) in [6, 6.07) is 1.75. The molecule has 0 spiro atoms. The van der Waals surface area contributed by atoms with Crippen LogP contribution < -0.4 is 9.50 Å². The molecule has 19 heavy (non-hydrogen) atoms. The molecule has 0 saturated carbocycles. The Kier molecular flexibility index (Phi) is 3.43. The van der Waals surface area contributed by atoms with Crippen LogP contribution >= 0.6 is 0 Å². The van der Waals surface area contributed by atoms with Gasteiger partial charge in [-0.15, -0.1) is 0 Å². The van der Waals surface area contributed by atoms with Gasteiger partial charge in [0.2, 0.25) is 0 Å². The zero-order valence-corrected chi connectivity index (χ0v) is 10.2. The monoisotopic (exact) mass is 299 g/mol. The van der Waals surface area contributed by atoms with Gasteiger partial charge in [-0.05, 0) is 24.6 Å². The summed E-state index contributed by atoms with van der Waals surface area (Å²) >= 11 is 0. The smallest absolute Gasteiger partial charge is 0.376 e. The third-order valence-corrected chi connectivity index (χ3v) is 3.60. The van der Waals surface area contributed by atoms with Crippen LogP contribution in [-0.2, 0) is 23.1 Å². The van der Waals surface area contributed by atoms with E-state index >= 15 is 0 Å². The van der Waals surface area contributed by atoms with Crippen molar-refractivity contribution in [1.29, 1.82) is 0 Å². The maximum Gasteiger partial charge on any atom is 0.534 e. The van der Waals surface area contributed by atoms with Crippen LogP contribution in [-0.4, -0.2) is 20.5 Å². The van der Waals surface area contributed by atoms with Crippen LogP contribution in [0.2, 0.25) is 0 Å². The number of benzene rings is 1. The van der Waals surface area contributed by atoms with Crippen molar-refractivity contribution in [2.45, 2.75) is 18.5 Å². The highest BCUT2D eigenvalue weighted by molar-refractivity contribution is 7.87. The highest BCUT2D eigenvalue weighted by atomic mass is 32.2. The molecule has 0 saturated heterocycles. The second kappa shape index (κ2) is 4.64. The molecule has 1 N–H and O–H groups in total. The molecule has 0 unspecified atom stereocenters. The summed E-state index contributed by atoms with van der Waals surface area (Å²) in [5, 5.41) is 2.89. The van der Waals surface area contributed by atoms with Crippen LogP contribution in [0.25, 0.3) is 0 Å². The molecule has 0 bridgehead atoms. The van der Waals surface area contributed by atoms with Crippen molar-refractivity contribution in [2.75, 3.05) is 6.54 Å². The zero-order chi connectivity index (χ0) is 14.3. The summed E-state index contributed by atoms with van der Waals surface area (Å²) in [6.45, 7) is 0.773. The number of halogens is 4. The number of nitrogens with one attached hydrogen (secondary N) is 1. The Bertz CT molecular complexity index is 598. The van der Waals surface area contributed by atoms with Crippen LogP contribution in [0, 0.1) is 5.82 Å². The highest BCUT2D eigenvalue weighted by Gasteiger charge is 2.48. The summed E-state index contributed by atoms with van der Waals surface area (Å²) in [6.07, 6.45) is 0.384. The minimum Gasteiger partial charge on any atom is -0.376 e. The van der Waals surface area contributed by atoms with Crippen molar-refractivity contribution in [3.05, 3.63) is 29.1 Å². The summed E-state index contributed by atoms with van der Waals surface area (Å²) in [4.78, 5) is 0. The fourth-order valence-electron chi connectivity index (χ4n) is 1.75. The van der Waals surface area contributed by atoms with E-state index in [2.05, 4.69) is 9.50 Å². The molecule has 0 atom stereocenters. The van der Waals surface area contributed by atoms with Gasteiger partial charge in [-0.1, -0.05) is 0 Å². The molecular weight excluding hydrogens is 290 g/mol. The van der Waals surface area contributed by atoms with Gasteiger partial charge in [0.15, 0.2) is 0 Å². The second-order valence-corrected chi connectivity index (χ2v) is 5.49. The Hall–Kier alpha value is -1.35. The molecule has 0 aromatic heterocycles. The van der Waals surface area contributed by atoms with E-state index in [0.29, 0.717) is 30.2 Å². The van der Waals surface area contributed by atoms with E-state index in [-0.39, 0.29) is 6.54 Å². The van der Waals surface area contributed by atoms with Crippen molar-refractivity contribution >= 4 is 10.1 Å². The Morgan fingerprint density at radius 1 is 1.26 bits per heavy atom. The number of alkyl halides is 3. The molecule has 9 heteroatoms. The third kappa shape index (κ3) is 2.81. The van der Waals surface area contributed by atoms with Crippen LogP contribution in [0.15, 0.2) is 12.1 Å².